The van der Waals surface area contributed by atoms with Crippen LogP contribution in [0.4, 0.5) is 0 Å². The minimum absolute atomic E-state index is 0.0247. The zero-order chi connectivity index (χ0) is 17.7. The van der Waals surface area contributed by atoms with E-state index in [1.54, 1.807) is 24.3 Å². The molecule has 2 rings (SSSR count). The van der Waals surface area contributed by atoms with E-state index in [-0.39, 0.29) is 35.3 Å². The average Bonchev–Trinajstić information content (AvgIpc) is 2.83. The smallest absolute Gasteiger partial charge is 0.339 e. The Morgan fingerprint density at radius 2 is 2.04 bits per heavy atom. The normalized spacial score (nSPS) is 19.2. The summed E-state index contributed by atoms with van der Waals surface area (Å²) in [6, 6.07) is 6.85. The van der Waals surface area contributed by atoms with Gasteiger partial charge in [-0.15, -0.1) is 11.8 Å². The van der Waals surface area contributed by atoms with Gasteiger partial charge in [-0.05, 0) is 32.4 Å². The Kier molecular flexibility index (Phi) is 6.28. The highest BCUT2D eigenvalue weighted by Gasteiger charge is 2.29. The van der Waals surface area contributed by atoms with E-state index >= 15 is 0 Å². The SMILES string of the molecule is CC(C)NC(=O)COC(=O)c1ccccc1S[C@H]1CCS(=O)(=O)C1. The summed E-state index contributed by atoms with van der Waals surface area (Å²) in [6.45, 7) is 3.30. The van der Waals surface area contributed by atoms with E-state index in [4.69, 9.17) is 4.74 Å². The third-order valence-electron chi connectivity index (χ3n) is 3.38. The largest absolute Gasteiger partial charge is 0.452 e. The molecule has 1 aromatic carbocycles. The average molecular weight is 371 g/mol. The fourth-order valence-electron chi connectivity index (χ4n) is 2.34. The molecule has 0 bridgehead atoms. The first-order valence-electron chi connectivity index (χ1n) is 7.69. The predicted octanol–water partition coefficient (Wildman–Crippen LogP) is 1.65. The van der Waals surface area contributed by atoms with Gasteiger partial charge in [0.2, 0.25) is 0 Å². The number of rotatable bonds is 6. The topological polar surface area (TPSA) is 89.5 Å². The van der Waals surface area contributed by atoms with Crippen molar-refractivity contribution in [2.75, 3.05) is 18.1 Å². The van der Waals surface area contributed by atoms with Crippen LogP contribution in [-0.2, 0) is 19.4 Å². The first-order chi connectivity index (χ1) is 11.3. The lowest BCUT2D eigenvalue weighted by atomic mass is 10.2. The second-order valence-electron chi connectivity index (χ2n) is 5.94. The molecule has 1 fully saturated rings. The Morgan fingerprint density at radius 3 is 2.67 bits per heavy atom. The summed E-state index contributed by atoms with van der Waals surface area (Å²) in [7, 11) is -2.97. The number of carbonyl (C=O) groups excluding carboxylic acids is 2. The van der Waals surface area contributed by atoms with Gasteiger partial charge in [0.05, 0.1) is 17.1 Å². The monoisotopic (exact) mass is 371 g/mol. The van der Waals surface area contributed by atoms with Crippen LogP contribution in [0.5, 0.6) is 0 Å². The Labute approximate surface area is 146 Å². The first-order valence-corrected chi connectivity index (χ1v) is 10.4. The third-order valence-corrected chi connectivity index (χ3v) is 6.70. The summed E-state index contributed by atoms with van der Waals surface area (Å²) in [4.78, 5) is 24.5. The fraction of sp³-hybridized carbons (Fsp3) is 0.500. The van der Waals surface area contributed by atoms with Gasteiger partial charge < -0.3 is 10.1 Å². The molecule has 6 nitrogen and oxygen atoms in total. The van der Waals surface area contributed by atoms with E-state index in [0.717, 1.165) is 0 Å². The summed E-state index contributed by atoms with van der Waals surface area (Å²) in [5.41, 5.74) is 0.351. The lowest BCUT2D eigenvalue weighted by molar-refractivity contribution is -0.124. The van der Waals surface area contributed by atoms with Crippen molar-refractivity contribution >= 4 is 33.5 Å². The van der Waals surface area contributed by atoms with E-state index in [9.17, 15) is 18.0 Å². The van der Waals surface area contributed by atoms with E-state index in [1.165, 1.54) is 11.8 Å². The molecular formula is C16H21NO5S2. The number of nitrogens with one attached hydrogen (secondary N) is 1. The standard InChI is InChI=1S/C16H21NO5S2/c1-11(2)17-15(18)9-22-16(19)13-5-3-4-6-14(13)23-12-7-8-24(20,21)10-12/h3-6,11-12H,7-10H2,1-2H3,(H,17,18)/t12-/m0/s1. The molecule has 1 amide bonds. The van der Waals surface area contributed by atoms with Crippen molar-refractivity contribution in [3.63, 3.8) is 0 Å². The molecule has 0 radical (unpaired) electrons. The van der Waals surface area contributed by atoms with Crippen LogP contribution in [0, 0.1) is 0 Å². The third kappa shape index (κ3) is 5.52. The Balaban J connectivity index is 2.00. The van der Waals surface area contributed by atoms with Gasteiger partial charge in [0.1, 0.15) is 0 Å². The van der Waals surface area contributed by atoms with Gasteiger partial charge in [0, 0.05) is 16.2 Å². The molecular weight excluding hydrogens is 350 g/mol. The number of thioether (sulfide) groups is 1. The van der Waals surface area contributed by atoms with Crippen molar-refractivity contribution in [3.8, 4) is 0 Å². The second-order valence-corrected chi connectivity index (χ2v) is 9.51. The van der Waals surface area contributed by atoms with Crippen molar-refractivity contribution in [2.45, 2.75) is 36.5 Å². The summed E-state index contributed by atoms with van der Waals surface area (Å²) < 4.78 is 28.2. The number of hydrogen-bond donors (Lipinski definition) is 1. The molecule has 1 aromatic rings. The molecule has 1 saturated heterocycles. The lowest BCUT2D eigenvalue weighted by Gasteiger charge is -2.13. The number of carbonyl (C=O) groups is 2. The van der Waals surface area contributed by atoms with Crippen LogP contribution in [0.2, 0.25) is 0 Å². The molecule has 1 aliphatic heterocycles. The number of amides is 1. The van der Waals surface area contributed by atoms with E-state index in [0.29, 0.717) is 16.9 Å². The van der Waals surface area contributed by atoms with Crippen LogP contribution in [0.15, 0.2) is 29.2 Å². The molecule has 24 heavy (non-hydrogen) atoms. The number of esters is 1. The number of sulfone groups is 1. The molecule has 1 aliphatic rings. The van der Waals surface area contributed by atoms with E-state index < -0.39 is 15.8 Å². The van der Waals surface area contributed by atoms with E-state index in [1.807, 2.05) is 13.8 Å². The van der Waals surface area contributed by atoms with Gasteiger partial charge in [0.15, 0.2) is 16.4 Å². The van der Waals surface area contributed by atoms with Gasteiger partial charge in [-0.3, -0.25) is 4.79 Å². The molecule has 1 atom stereocenters. The highest BCUT2D eigenvalue weighted by molar-refractivity contribution is 8.02. The maximum absolute atomic E-state index is 12.2. The molecule has 0 unspecified atom stereocenters. The minimum Gasteiger partial charge on any atom is -0.452 e. The van der Waals surface area contributed by atoms with Gasteiger partial charge in [-0.2, -0.15) is 0 Å². The van der Waals surface area contributed by atoms with Crippen molar-refractivity contribution < 1.29 is 22.7 Å². The summed E-state index contributed by atoms with van der Waals surface area (Å²) in [5.74, 6) is -0.631. The van der Waals surface area contributed by atoms with Crippen molar-refractivity contribution in [2.24, 2.45) is 0 Å². The van der Waals surface area contributed by atoms with Gasteiger partial charge in [-0.1, -0.05) is 12.1 Å². The maximum Gasteiger partial charge on any atom is 0.339 e. The highest BCUT2D eigenvalue weighted by Crippen LogP contribution is 2.33. The van der Waals surface area contributed by atoms with Gasteiger partial charge in [-0.25, -0.2) is 13.2 Å². The van der Waals surface area contributed by atoms with Crippen molar-refractivity contribution in [1.82, 2.24) is 5.32 Å². The fourth-order valence-corrected chi connectivity index (χ4v) is 5.96. The predicted molar refractivity (Wildman–Crippen MR) is 92.9 cm³/mol. The molecule has 8 heteroatoms. The van der Waals surface area contributed by atoms with Crippen molar-refractivity contribution in [3.05, 3.63) is 29.8 Å². The zero-order valence-electron chi connectivity index (χ0n) is 13.7. The van der Waals surface area contributed by atoms with Crippen LogP contribution in [-0.4, -0.2) is 49.7 Å². The number of benzene rings is 1. The second kappa shape index (κ2) is 8.02. The Bertz CT molecular complexity index is 715. The molecule has 1 heterocycles. The molecule has 0 aliphatic carbocycles. The van der Waals surface area contributed by atoms with E-state index in [2.05, 4.69) is 5.32 Å². The first kappa shape index (κ1) is 18.8. The minimum atomic E-state index is -2.97. The highest BCUT2D eigenvalue weighted by atomic mass is 32.2. The maximum atomic E-state index is 12.2. The van der Waals surface area contributed by atoms with Crippen LogP contribution in [0.3, 0.4) is 0 Å². The lowest BCUT2D eigenvalue weighted by Crippen LogP contribution is -2.34. The summed E-state index contributed by atoms with van der Waals surface area (Å²) in [6.07, 6.45) is 0.577. The summed E-state index contributed by atoms with van der Waals surface area (Å²) in [5, 5.41) is 2.58. The van der Waals surface area contributed by atoms with Gasteiger partial charge >= 0.3 is 5.97 Å². The quantitative estimate of drug-likeness (QED) is 0.765. The van der Waals surface area contributed by atoms with Crippen LogP contribution < -0.4 is 5.32 Å². The zero-order valence-corrected chi connectivity index (χ0v) is 15.3. The molecule has 0 saturated carbocycles. The summed E-state index contributed by atoms with van der Waals surface area (Å²) >= 11 is 1.37. The van der Waals surface area contributed by atoms with Crippen molar-refractivity contribution in [1.29, 1.82) is 0 Å². The van der Waals surface area contributed by atoms with Crippen LogP contribution >= 0.6 is 11.8 Å². The number of ether oxygens (including phenoxy) is 1. The van der Waals surface area contributed by atoms with Crippen LogP contribution in [0.1, 0.15) is 30.6 Å². The number of hydrogen-bond acceptors (Lipinski definition) is 6. The Morgan fingerprint density at radius 1 is 1.33 bits per heavy atom. The molecule has 132 valence electrons. The van der Waals surface area contributed by atoms with Gasteiger partial charge in [0.25, 0.3) is 5.91 Å². The molecule has 0 aromatic heterocycles. The molecule has 0 spiro atoms. The van der Waals surface area contributed by atoms with Crippen LogP contribution in [0.25, 0.3) is 0 Å². The Hall–Kier alpha value is -1.54. The molecule has 1 N–H and O–H groups in total.